The van der Waals surface area contributed by atoms with Crippen LogP contribution in [0.4, 0.5) is 0 Å². The summed E-state index contributed by atoms with van der Waals surface area (Å²) in [6, 6.07) is 7.17. The third kappa shape index (κ3) is 4.65. The number of nitrogens with zero attached hydrogens (tertiary/aromatic N) is 1. The third-order valence-corrected chi connectivity index (χ3v) is 3.50. The highest BCUT2D eigenvalue weighted by molar-refractivity contribution is 6.40. The van der Waals surface area contributed by atoms with Gasteiger partial charge < -0.3 is 9.47 Å². The van der Waals surface area contributed by atoms with E-state index in [0.717, 1.165) is 44.8 Å². The van der Waals surface area contributed by atoms with Crippen LogP contribution in [0.3, 0.4) is 0 Å². The van der Waals surface area contributed by atoms with E-state index in [-0.39, 0.29) is 6.61 Å². The van der Waals surface area contributed by atoms with Crippen LogP contribution in [0.5, 0.6) is 0 Å². The number of ether oxygens (including phenoxy) is 2. The van der Waals surface area contributed by atoms with Gasteiger partial charge in [-0.2, -0.15) is 0 Å². The Morgan fingerprint density at radius 2 is 1.86 bits per heavy atom. The molecule has 0 bridgehead atoms. The molecule has 1 aromatic rings. The Kier molecular flexibility index (Phi) is 5.90. The Bertz CT molecular complexity index is 478. The standard InChI is InChI=1S/C16H21NO4/c1-2-21-16(19)15(18)14-5-3-13(4-6-14)7-8-17-9-11-20-12-10-17/h3-6H,2,7-12H2,1H3. The van der Waals surface area contributed by atoms with Crippen molar-refractivity contribution in [2.24, 2.45) is 0 Å². The predicted octanol–water partition coefficient (Wildman–Crippen LogP) is 1.31. The summed E-state index contributed by atoms with van der Waals surface area (Å²) in [5.74, 6) is -1.38. The molecule has 0 aliphatic carbocycles. The first kappa shape index (κ1) is 15.7. The second-order valence-corrected chi connectivity index (χ2v) is 4.95. The van der Waals surface area contributed by atoms with Crippen molar-refractivity contribution < 1.29 is 19.1 Å². The minimum atomic E-state index is -0.793. The maximum absolute atomic E-state index is 11.8. The molecular weight excluding hydrogens is 270 g/mol. The fourth-order valence-corrected chi connectivity index (χ4v) is 2.25. The van der Waals surface area contributed by atoms with Crippen molar-refractivity contribution in [2.45, 2.75) is 13.3 Å². The van der Waals surface area contributed by atoms with Gasteiger partial charge in [0.2, 0.25) is 0 Å². The van der Waals surface area contributed by atoms with E-state index < -0.39 is 11.8 Å². The average molecular weight is 291 g/mol. The summed E-state index contributed by atoms with van der Waals surface area (Å²) in [5.41, 5.74) is 1.53. The molecule has 1 saturated heterocycles. The first-order valence-electron chi connectivity index (χ1n) is 7.31. The molecule has 21 heavy (non-hydrogen) atoms. The van der Waals surface area contributed by atoms with E-state index in [1.807, 2.05) is 12.1 Å². The Morgan fingerprint density at radius 1 is 1.19 bits per heavy atom. The van der Waals surface area contributed by atoms with Gasteiger partial charge in [0.25, 0.3) is 5.78 Å². The molecule has 0 atom stereocenters. The molecule has 1 aliphatic heterocycles. The molecule has 1 aromatic carbocycles. The molecule has 114 valence electrons. The van der Waals surface area contributed by atoms with Crippen molar-refractivity contribution in [3.8, 4) is 0 Å². The van der Waals surface area contributed by atoms with Crippen LogP contribution in [0.15, 0.2) is 24.3 Å². The third-order valence-electron chi connectivity index (χ3n) is 3.50. The van der Waals surface area contributed by atoms with Crippen LogP contribution in [0.25, 0.3) is 0 Å². The summed E-state index contributed by atoms with van der Waals surface area (Å²) < 4.78 is 10.0. The van der Waals surface area contributed by atoms with Gasteiger partial charge in [0.1, 0.15) is 0 Å². The van der Waals surface area contributed by atoms with E-state index in [1.165, 1.54) is 0 Å². The van der Waals surface area contributed by atoms with E-state index in [2.05, 4.69) is 4.90 Å². The molecule has 1 aliphatic rings. The van der Waals surface area contributed by atoms with Gasteiger partial charge in [0, 0.05) is 25.2 Å². The molecule has 0 saturated carbocycles. The Hall–Kier alpha value is -1.72. The van der Waals surface area contributed by atoms with Crippen molar-refractivity contribution in [1.82, 2.24) is 4.90 Å². The molecule has 0 spiro atoms. The lowest BCUT2D eigenvalue weighted by molar-refractivity contribution is -0.137. The monoisotopic (exact) mass is 291 g/mol. The van der Waals surface area contributed by atoms with Crippen LogP contribution >= 0.6 is 0 Å². The highest BCUT2D eigenvalue weighted by Gasteiger charge is 2.17. The maximum atomic E-state index is 11.8. The largest absolute Gasteiger partial charge is 0.460 e. The first-order valence-corrected chi connectivity index (χ1v) is 7.31. The molecule has 5 nitrogen and oxygen atoms in total. The van der Waals surface area contributed by atoms with Gasteiger partial charge in [-0.25, -0.2) is 4.79 Å². The van der Waals surface area contributed by atoms with E-state index in [0.29, 0.717) is 5.56 Å². The molecule has 0 radical (unpaired) electrons. The summed E-state index contributed by atoms with van der Waals surface area (Å²) in [7, 11) is 0. The Labute approximate surface area is 124 Å². The van der Waals surface area contributed by atoms with Crippen LogP contribution in [-0.2, 0) is 20.7 Å². The molecule has 5 heteroatoms. The molecule has 0 unspecified atom stereocenters. The summed E-state index contributed by atoms with van der Waals surface area (Å²) in [6.45, 7) is 6.41. The highest BCUT2D eigenvalue weighted by Crippen LogP contribution is 2.08. The number of morpholine rings is 1. The number of hydrogen-bond donors (Lipinski definition) is 0. The first-order chi connectivity index (χ1) is 10.2. The van der Waals surface area contributed by atoms with Crippen LogP contribution < -0.4 is 0 Å². The summed E-state index contributed by atoms with van der Waals surface area (Å²) in [5, 5.41) is 0. The second-order valence-electron chi connectivity index (χ2n) is 4.95. The van der Waals surface area contributed by atoms with Gasteiger partial charge in [0.05, 0.1) is 19.8 Å². The molecule has 0 amide bonds. The topological polar surface area (TPSA) is 55.8 Å². The number of esters is 1. The van der Waals surface area contributed by atoms with Gasteiger partial charge in [-0.3, -0.25) is 9.69 Å². The normalized spacial score (nSPS) is 15.7. The van der Waals surface area contributed by atoms with Crippen LogP contribution in [0, 0.1) is 0 Å². The number of carbonyl (C=O) groups is 2. The van der Waals surface area contributed by atoms with E-state index in [1.54, 1.807) is 19.1 Å². The van der Waals surface area contributed by atoms with Gasteiger partial charge >= 0.3 is 5.97 Å². The smallest absolute Gasteiger partial charge is 0.379 e. The average Bonchev–Trinajstić information content (AvgIpc) is 2.54. The van der Waals surface area contributed by atoms with Gasteiger partial charge in [-0.1, -0.05) is 24.3 Å². The number of Topliss-reactive ketones (excluding diaryl/α,β-unsaturated/α-hetero) is 1. The molecular formula is C16H21NO4. The van der Waals surface area contributed by atoms with Crippen LogP contribution in [0.1, 0.15) is 22.8 Å². The zero-order chi connectivity index (χ0) is 15.1. The van der Waals surface area contributed by atoms with E-state index in [9.17, 15) is 9.59 Å². The zero-order valence-electron chi connectivity index (χ0n) is 12.3. The lowest BCUT2D eigenvalue weighted by atomic mass is 10.1. The van der Waals surface area contributed by atoms with E-state index in [4.69, 9.17) is 9.47 Å². The quantitative estimate of drug-likeness (QED) is 0.449. The van der Waals surface area contributed by atoms with Gasteiger partial charge in [0.15, 0.2) is 0 Å². The molecule has 0 N–H and O–H groups in total. The summed E-state index contributed by atoms with van der Waals surface area (Å²) >= 11 is 0. The lowest BCUT2D eigenvalue weighted by Crippen LogP contribution is -2.37. The lowest BCUT2D eigenvalue weighted by Gasteiger charge is -2.26. The maximum Gasteiger partial charge on any atom is 0.379 e. The minimum absolute atomic E-state index is 0.211. The number of rotatable bonds is 6. The molecule has 0 aromatic heterocycles. The van der Waals surface area contributed by atoms with Crippen molar-refractivity contribution in [3.05, 3.63) is 35.4 Å². The fraction of sp³-hybridized carbons (Fsp3) is 0.500. The fourth-order valence-electron chi connectivity index (χ4n) is 2.25. The summed E-state index contributed by atoms with van der Waals surface area (Å²) in [6.07, 6.45) is 0.924. The number of benzene rings is 1. The van der Waals surface area contributed by atoms with E-state index >= 15 is 0 Å². The highest BCUT2D eigenvalue weighted by atomic mass is 16.5. The van der Waals surface area contributed by atoms with Crippen molar-refractivity contribution >= 4 is 11.8 Å². The molecule has 2 rings (SSSR count). The van der Waals surface area contributed by atoms with Gasteiger partial charge in [-0.05, 0) is 18.9 Å². The number of ketones is 1. The predicted molar refractivity (Wildman–Crippen MR) is 78.4 cm³/mol. The SMILES string of the molecule is CCOC(=O)C(=O)c1ccc(CCN2CCOCC2)cc1. The van der Waals surface area contributed by atoms with Gasteiger partial charge in [-0.15, -0.1) is 0 Å². The van der Waals surface area contributed by atoms with Crippen molar-refractivity contribution in [2.75, 3.05) is 39.5 Å². The second kappa shape index (κ2) is 7.90. The Morgan fingerprint density at radius 3 is 2.48 bits per heavy atom. The van der Waals surface area contributed by atoms with Crippen LogP contribution in [0.2, 0.25) is 0 Å². The molecule has 1 fully saturated rings. The minimum Gasteiger partial charge on any atom is -0.460 e. The van der Waals surface area contributed by atoms with Crippen LogP contribution in [-0.4, -0.2) is 56.1 Å². The summed E-state index contributed by atoms with van der Waals surface area (Å²) in [4.78, 5) is 25.5. The number of carbonyl (C=O) groups excluding carboxylic acids is 2. The molecule has 1 heterocycles. The Balaban J connectivity index is 1.86. The van der Waals surface area contributed by atoms with Crippen molar-refractivity contribution in [1.29, 1.82) is 0 Å². The zero-order valence-corrected chi connectivity index (χ0v) is 12.3. The number of hydrogen-bond acceptors (Lipinski definition) is 5. The van der Waals surface area contributed by atoms with Crippen molar-refractivity contribution in [3.63, 3.8) is 0 Å².